The number of hydrogen-bond acceptors (Lipinski definition) is 3. The molecule has 20 heavy (non-hydrogen) atoms. The zero-order chi connectivity index (χ0) is 13.9. The van der Waals surface area contributed by atoms with Crippen LogP contribution < -0.4 is 14.5 Å². The van der Waals surface area contributed by atoms with Crippen LogP contribution >= 0.6 is 30.6 Å². The zero-order valence-electron chi connectivity index (χ0n) is 10.4. The summed E-state index contributed by atoms with van der Waals surface area (Å²) in [7, 11) is -0.559. The van der Waals surface area contributed by atoms with Gasteiger partial charge >= 0.3 is 5.97 Å². The standard InChI is InChI=1S/C15H11O2PS2/c16-15(17)11-5-7-12(8-6-11)18(13-3-1-9-19-13)14-4-2-10-20-14/h1-10H,(H,16,17). The second-order valence-corrected chi connectivity index (χ2v) is 8.74. The molecule has 0 unspecified atom stereocenters. The van der Waals surface area contributed by atoms with Crippen molar-refractivity contribution in [1.82, 2.24) is 0 Å². The first-order valence-electron chi connectivity index (χ1n) is 5.96. The van der Waals surface area contributed by atoms with E-state index in [1.54, 1.807) is 34.8 Å². The Balaban J connectivity index is 2.04. The van der Waals surface area contributed by atoms with Gasteiger partial charge in [0.25, 0.3) is 0 Å². The summed E-state index contributed by atoms with van der Waals surface area (Å²) in [5.74, 6) is -0.881. The van der Waals surface area contributed by atoms with Gasteiger partial charge in [-0.1, -0.05) is 24.3 Å². The molecular weight excluding hydrogens is 307 g/mol. The third kappa shape index (κ3) is 2.68. The van der Waals surface area contributed by atoms with Crippen molar-refractivity contribution in [3.05, 3.63) is 64.9 Å². The first-order chi connectivity index (χ1) is 9.75. The summed E-state index contributed by atoms with van der Waals surface area (Å²) in [6.45, 7) is 0. The average Bonchev–Trinajstić information content (AvgIpc) is 3.13. The molecule has 0 saturated heterocycles. The van der Waals surface area contributed by atoms with Crippen molar-refractivity contribution in [2.45, 2.75) is 0 Å². The van der Waals surface area contributed by atoms with E-state index in [1.807, 2.05) is 12.1 Å². The van der Waals surface area contributed by atoms with Gasteiger partial charge in [-0.2, -0.15) is 0 Å². The number of carboxylic acids is 1. The Hall–Kier alpha value is -1.48. The predicted molar refractivity (Wildman–Crippen MR) is 87.9 cm³/mol. The molecule has 0 aliphatic carbocycles. The van der Waals surface area contributed by atoms with E-state index in [9.17, 15) is 4.79 Å². The van der Waals surface area contributed by atoms with E-state index in [4.69, 9.17) is 5.11 Å². The number of aromatic carboxylic acids is 1. The predicted octanol–water partition coefficient (Wildman–Crippen LogP) is 3.27. The Morgan fingerprint density at radius 1 is 0.900 bits per heavy atom. The van der Waals surface area contributed by atoms with Crippen LogP contribution in [0.25, 0.3) is 0 Å². The average molecular weight is 318 g/mol. The second-order valence-electron chi connectivity index (χ2n) is 4.09. The van der Waals surface area contributed by atoms with Crippen molar-refractivity contribution in [1.29, 1.82) is 0 Å². The van der Waals surface area contributed by atoms with Gasteiger partial charge in [-0.05, 0) is 40.3 Å². The van der Waals surface area contributed by atoms with Gasteiger partial charge in [-0.15, -0.1) is 22.7 Å². The first kappa shape index (κ1) is 13.5. The number of benzene rings is 1. The van der Waals surface area contributed by atoms with Crippen LogP contribution in [-0.4, -0.2) is 11.1 Å². The Morgan fingerprint density at radius 2 is 1.45 bits per heavy atom. The van der Waals surface area contributed by atoms with Crippen LogP contribution in [-0.2, 0) is 0 Å². The molecule has 0 spiro atoms. The largest absolute Gasteiger partial charge is 0.478 e. The minimum atomic E-state index is -0.881. The van der Waals surface area contributed by atoms with E-state index in [0.717, 1.165) is 0 Å². The highest BCUT2D eigenvalue weighted by Crippen LogP contribution is 2.36. The molecule has 0 aliphatic heterocycles. The summed E-state index contributed by atoms with van der Waals surface area (Å²) in [6, 6.07) is 15.7. The number of carbonyl (C=O) groups is 1. The molecule has 0 saturated carbocycles. The van der Waals surface area contributed by atoms with E-state index in [2.05, 4.69) is 35.0 Å². The molecule has 2 nitrogen and oxygen atoms in total. The van der Waals surface area contributed by atoms with Crippen LogP contribution in [0.1, 0.15) is 10.4 Å². The minimum Gasteiger partial charge on any atom is -0.478 e. The first-order valence-corrected chi connectivity index (χ1v) is 9.06. The molecule has 2 aromatic heterocycles. The number of thiophene rings is 2. The molecule has 5 heteroatoms. The molecule has 1 N–H and O–H groups in total. The van der Waals surface area contributed by atoms with Gasteiger partial charge in [0.1, 0.15) is 0 Å². The van der Waals surface area contributed by atoms with E-state index >= 15 is 0 Å². The highest BCUT2D eigenvalue weighted by atomic mass is 32.1. The Bertz CT molecular complexity index is 654. The smallest absolute Gasteiger partial charge is 0.335 e. The quantitative estimate of drug-likeness (QED) is 0.750. The van der Waals surface area contributed by atoms with Gasteiger partial charge < -0.3 is 5.11 Å². The van der Waals surface area contributed by atoms with Crippen LogP contribution in [0.4, 0.5) is 0 Å². The molecule has 0 radical (unpaired) electrons. The fourth-order valence-corrected chi connectivity index (χ4v) is 7.07. The van der Waals surface area contributed by atoms with Gasteiger partial charge in [-0.25, -0.2) is 4.79 Å². The van der Waals surface area contributed by atoms with E-state index < -0.39 is 13.9 Å². The summed E-state index contributed by atoms with van der Waals surface area (Å²) in [5, 5.41) is 14.4. The minimum absolute atomic E-state index is 0.334. The molecule has 0 fully saturated rings. The van der Waals surface area contributed by atoms with Crippen molar-refractivity contribution >= 4 is 51.1 Å². The van der Waals surface area contributed by atoms with Crippen LogP contribution in [0.15, 0.2) is 59.3 Å². The highest BCUT2D eigenvalue weighted by molar-refractivity contribution is 7.87. The maximum Gasteiger partial charge on any atom is 0.335 e. The summed E-state index contributed by atoms with van der Waals surface area (Å²) < 4.78 is 2.68. The Morgan fingerprint density at radius 3 is 1.85 bits per heavy atom. The van der Waals surface area contributed by atoms with Crippen molar-refractivity contribution in [3.63, 3.8) is 0 Å². The van der Waals surface area contributed by atoms with Crippen molar-refractivity contribution in [2.75, 3.05) is 0 Å². The van der Waals surface area contributed by atoms with Crippen molar-refractivity contribution < 1.29 is 9.90 Å². The SMILES string of the molecule is O=C(O)c1ccc(P(c2cccs2)c2cccs2)cc1. The molecular formula is C15H11O2PS2. The van der Waals surface area contributed by atoms with Crippen molar-refractivity contribution in [3.8, 4) is 0 Å². The van der Waals surface area contributed by atoms with Crippen LogP contribution in [0.2, 0.25) is 0 Å². The van der Waals surface area contributed by atoms with Gasteiger partial charge in [-0.3, -0.25) is 0 Å². The normalized spacial score (nSPS) is 10.8. The van der Waals surface area contributed by atoms with Gasteiger partial charge in [0.15, 0.2) is 0 Å². The maximum absolute atomic E-state index is 10.9. The molecule has 0 aliphatic rings. The zero-order valence-corrected chi connectivity index (χ0v) is 12.9. The lowest BCUT2D eigenvalue weighted by Gasteiger charge is -2.15. The molecule has 3 rings (SSSR count). The lowest BCUT2D eigenvalue weighted by atomic mass is 10.2. The van der Waals surface area contributed by atoms with E-state index in [0.29, 0.717) is 5.56 Å². The molecule has 100 valence electrons. The van der Waals surface area contributed by atoms with Gasteiger partial charge in [0, 0.05) is 17.2 Å². The summed E-state index contributed by atoms with van der Waals surface area (Å²) in [4.78, 5) is 10.9. The Kier molecular flexibility index (Phi) is 3.97. The number of carboxylic acid groups (broad SMARTS) is 1. The number of hydrogen-bond donors (Lipinski definition) is 1. The second kappa shape index (κ2) is 5.88. The van der Waals surface area contributed by atoms with Crippen LogP contribution in [0.3, 0.4) is 0 Å². The monoisotopic (exact) mass is 318 g/mol. The fourth-order valence-electron chi connectivity index (χ4n) is 1.91. The van der Waals surface area contributed by atoms with E-state index in [-0.39, 0.29) is 0 Å². The van der Waals surface area contributed by atoms with Crippen LogP contribution in [0, 0.1) is 0 Å². The lowest BCUT2D eigenvalue weighted by Crippen LogP contribution is -2.16. The lowest BCUT2D eigenvalue weighted by molar-refractivity contribution is 0.0697. The van der Waals surface area contributed by atoms with Crippen LogP contribution in [0.5, 0.6) is 0 Å². The summed E-state index contributed by atoms with van der Waals surface area (Å²) in [5.41, 5.74) is 0.334. The van der Waals surface area contributed by atoms with Crippen molar-refractivity contribution in [2.24, 2.45) is 0 Å². The maximum atomic E-state index is 10.9. The molecule has 2 heterocycles. The third-order valence-electron chi connectivity index (χ3n) is 2.83. The Labute approximate surface area is 126 Å². The highest BCUT2D eigenvalue weighted by Gasteiger charge is 2.18. The summed E-state index contributed by atoms with van der Waals surface area (Å²) >= 11 is 3.51. The third-order valence-corrected chi connectivity index (χ3v) is 7.89. The summed E-state index contributed by atoms with van der Waals surface area (Å²) in [6.07, 6.45) is 0. The van der Waals surface area contributed by atoms with E-state index in [1.165, 1.54) is 14.5 Å². The molecule has 1 aromatic carbocycles. The number of rotatable bonds is 4. The fraction of sp³-hybridized carbons (Fsp3) is 0. The molecule has 3 aromatic rings. The molecule has 0 amide bonds. The van der Waals surface area contributed by atoms with Gasteiger partial charge in [0.05, 0.1) is 5.56 Å². The molecule has 0 bridgehead atoms. The topological polar surface area (TPSA) is 37.3 Å². The van der Waals surface area contributed by atoms with Gasteiger partial charge in [0.2, 0.25) is 0 Å². The molecule has 0 atom stereocenters.